The van der Waals surface area contributed by atoms with Crippen molar-refractivity contribution in [2.75, 3.05) is 27.4 Å². The maximum absolute atomic E-state index is 11.5. The Labute approximate surface area is 98.7 Å². The van der Waals surface area contributed by atoms with E-state index in [-0.39, 0.29) is 25.5 Å². The lowest BCUT2D eigenvalue weighted by atomic mass is 10.3. The molecule has 17 heavy (non-hydrogen) atoms. The highest BCUT2D eigenvalue weighted by molar-refractivity contribution is 5.92. The third-order valence-corrected chi connectivity index (χ3v) is 1.94. The van der Waals surface area contributed by atoms with E-state index in [0.29, 0.717) is 5.76 Å². The molecule has 1 rings (SSSR count). The van der Waals surface area contributed by atoms with Crippen LogP contribution in [0.15, 0.2) is 10.6 Å². The largest absolute Gasteiger partial charge is 0.389 e. The molecule has 0 radical (unpaired) electrons. The summed E-state index contributed by atoms with van der Waals surface area (Å²) in [7, 11) is 2.99. The van der Waals surface area contributed by atoms with Gasteiger partial charge in [0.15, 0.2) is 11.5 Å². The quantitative estimate of drug-likeness (QED) is 0.675. The molecule has 1 aromatic rings. The molecule has 0 fully saturated rings. The zero-order valence-corrected chi connectivity index (χ0v) is 9.80. The van der Waals surface area contributed by atoms with Crippen molar-refractivity contribution in [1.29, 1.82) is 0 Å². The Morgan fingerprint density at radius 3 is 3.00 bits per heavy atom. The van der Waals surface area contributed by atoms with Crippen molar-refractivity contribution < 1.29 is 23.9 Å². The highest BCUT2D eigenvalue weighted by Gasteiger charge is 2.13. The number of nitrogens with zero attached hydrogens (tertiary/aromatic N) is 1. The van der Waals surface area contributed by atoms with E-state index in [1.54, 1.807) is 0 Å². The van der Waals surface area contributed by atoms with E-state index < -0.39 is 12.0 Å². The van der Waals surface area contributed by atoms with Crippen molar-refractivity contribution in [3.05, 3.63) is 17.5 Å². The first kappa shape index (κ1) is 13.6. The predicted octanol–water partition coefficient (Wildman–Crippen LogP) is -0.442. The molecule has 7 heteroatoms. The Kier molecular flexibility index (Phi) is 5.61. The zero-order chi connectivity index (χ0) is 12.7. The normalized spacial score (nSPS) is 12.4. The Hall–Kier alpha value is -1.44. The van der Waals surface area contributed by atoms with Gasteiger partial charge < -0.3 is 24.4 Å². The third kappa shape index (κ3) is 4.51. The summed E-state index contributed by atoms with van der Waals surface area (Å²) in [5, 5.41) is 15.4. The fourth-order valence-electron chi connectivity index (χ4n) is 1.18. The number of methoxy groups -OCH3 is 2. The van der Waals surface area contributed by atoms with E-state index in [1.165, 1.54) is 20.3 Å². The van der Waals surface area contributed by atoms with E-state index >= 15 is 0 Å². The summed E-state index contributed by atoms with van der Waals surface area (Å²) in [6.45, 7) is 0.514. The molecule has 0 spiro atoms. The maximum atomic E-state index is 11.5. The summed E-state index contributed by atoms with van der Waals surface area (Å²) in [5.74, 6) is 0.0568. The second kappa shape index (κ2) is 7.00. The average Bonchev–Trinajstić information content (AvgIpc) is 2.75. The molecule has 1 heterocycles. The number of carbonyl (C=O) groups is 1. The van der Waals surface area contributed by atoms with Crippen LogP contribution in [-0.2, 0) is 16.1 Å². The SMILES string of the molecule is COCc1cc(C(=O)NCC(O)COC)no1. The number of aliphatic hydroxyl groups excluding tert-OH is 1. The first-order valence-corrected chi connectivity index (χ1v) is 5.07. The van der Waals surface area contributed by atoms with Crippen LogP contribution in [0.3, 0.4) is 0 Å². The first-order valence-electron chi connectivity index (χ1n) is 5.07. The minimum absolute atomic E-state index is 0.0964. The van der Waals surface area contributed by atoms with Gasteiger partial charge in [0.05, 0.1) is 12.7 Å². The topological polar surface area (TPSA) is 93.8 Å². The molecule has 96 valence electrons. The van der Waals surface area contributed by atoms with Crippen LogP contribution < -0.4 is 5.32 Å². The molecule has 0 aliphatic carbocycles. The molecule has 0 saturated heterocycles. The number of amides is 1. The fourth-order valence-corrected chi connectivity index (χ4v) is 1.18. The standard InChI is InChI=1S/C10H16N2O5/c1-15-5-7(13)4-11-10(14)9-3-8(6-16-2)17-12-9/h3,7,13H,4-6H2,1-2H3,(H,11,14). The molecule has 0 aromatic carbocycles. The Bertz CT molecular complexity index is 352. The number of ether oxygens (including phenoxy) is 2. The molecule has 0 aliphatic heterocycles. The second-order valence-corrected chi connectivity index (χ2v) is 3.43. The fraction of sp³-hybridized carbons (Fsp3) is 0.600. The van der Waals surface area contributed by atoms with Crippen LogP contribution in [0.25, 0.3) is 0 Å². The summed E-state index contributed by atoms with van der Waals surface area (Å²) in [5.41, 5.74) is 0.154. The molecule has 1 unspecified atom stereocenters. The number of hydrogen-bond acceptors (Lipinski definition) is 6. The molecule has 1 atom stereocenters. The third-order valence-electron chi connectivity index (χ3n) is 1.94. The summed E-state index contributed by atoms with van der Waals surface area (Å²) < 4.78 is 14.4. The summed E-state index contributed by atoms with van der Waals surface area (Å²) >= 11 is 0. The van der Waals surface area contributed by atoms with Gasteiger partial charge in [-0.05, 0) is 0 Å². The van der Waals surface area contributed by atoms with E-state index in [9.17, 15) is 9.90 Å². The minimum Gasteiger partial charge on any atom is -0.389 e. The zero-order valence-electron chi connectivity index (χ0n) is 9.80. The number of carbonyl (C=O) groups excluding carboxylic acids is 1. The highest BCUT2D eigenvalue weighted by Crippen LogP contribution is 2.04. The van der Waals surface area contributed by atoms with Crippen LogP contribution in [0.1, 0.15) is 16.2 Å². The molecule has 7 nitrogen and oxygen atoms in total. The van der Waals surface area contributed by atoms with Crippen molar-refractivity contribution in [2.45, 2.75) is 12.7 Å². The Morgan fingerprint density at radius 2 is 2.35 bits per heavy atom. The number of rotatable bonds is 7. The van der Waals surface area contributed by atoms with Crippen molar-refractivity contribution in [1.82, 2.24) is 10.5 Å². The lowest BCUT2D eigenvalue weighted by Crippen LogP contribution is -2.34. The molecule has 0 aliphatic rings. The van der Waals surface area contributed by atoms with Gasteiger partial charge in [0.1, 0.15) is 6.61 Å². The summed E-state index contributed by atoms with van der Waals surface area (Å²) in [4.78, 5) is 11.5. The second-order valence-electron chi connectivity index (χ2n) is 3.43. The minimum atomic E-state index is -0.741. The van der Waals surface area contributed by atoms with Crippen LogP contribution in [0.2, 0.25) is 0 Å². The van der Waals surface area contributed by atoms with Gasteiger partial charge >= 0.3 is 0 Å². The van der Waals surface area contributed by atoms with Gasteiger partial charge in [-0.25, -0.2) is 0 Å². The lowest BCUT2D eigenvalue weighted by molar-refractivity contribution is 0.0607. The van der Waals surface area contributed by atoms with Crippen molar-refractivity contribution in [2.24, 2.45) is 0 Å². The highest BCUT2D eigenvalue weighted by atomic mass is 16.5. The number of nitrogens with one attached hydrogen (secondary N) is 1. The summed E-state index contributed by atoms with van der Waals surface area (Å²) in [6.07, 6.45) is -0.741. The van der Waals surface area contributed by atoms with E-state index in [1.807, 2.05) is 0 Å². The molecule has 2 N–H and O–H groups in total. The Balaban J connectivity index is 2.40. The van der Waals surface area contributed by atoms with Crippen LogP contribution in [-0.4, -0.2) is 49.6 Å². The van der Waals surface area contributed by atoms with Gasteiger partial charge in [-0.3, -0.25) is 4.79 Å². The van der Waals surface area contributed by atoms with Crippen LogP contribution in [0.4, 0.5) is 0 Å². The van der Waals surface area contributed by atoms with Gasteiger partial charge in [0, 0.05) is 26.8 Å². The van der Waals surface area contributed by atoms with Crippen molar-refractivity contribution in [3.63, 3.8) is 0 Å². The molecule has 0 saturated carbocycles. The van der Waals surface area contributed by atoms with Crippen LogP contribution >= 0.6 is 0 Å². The first-order chi connectivity index (χ1) is 8.17. The predicted molar refractivity (Wildman–Crippen MR) is 57.4 cm³/mol. The molecular formula is C10H16N2O5. The maximum Gasteiger partial charge on any atom is 0.273 e. The smallest absolute Gasteiger partial charge is 0.273 e. The Morgan fingerprint density at radius 1 is 1.59 bits per heavy atom. The van der Waals surface area contributed by atoms with Gasteiger partial charge in [0.25, 0.3) is 5.91 Å². The number of aromatic nitrogens is 1. The van der Waals surface area contributed by atoms with Crippen molar-refractivity contribution >= 4 is 5.91 Å². The number of aliphatic hydroxyl groups is 1. The average molecular weight is 244 g/mol. The van der Waals surface area contributed by atoms with Gasteiger partial charge in [0.2, 0.25) is 0 Å². The van der Waals surface area contributed by atoms with E-state index in [0.717, 1.165) is 0 Å². The monoisotopic (exact) mass is 244 g/mol. The van der Waals surface area contributed by atoms with Crippen LogP contribution in [0, 0.1) is 0 Å². The summed E-state index contributed by atoms with van der Waals surface area (Å²) in [6, 6.07) is 1.49. The molecular weight excluding hydrogens is 228 g/mol. The van der Waals surface area contributed by atoms with E-state index in [4.69, 9.17) is 14.0 Å². The van der Waals surface area contributed by atoms with Gasteiger partial charge in [-0.15, -0.1) is 0 Å². The van der Waals surface area contributed by atoms with Crippen LogP contribution in [0.5, 0.6) is 0 Å². The van der Waals surface area contributed by atoms with E-state index in [2.05, 4.69) is 10.5 Å². The van der Waals surface area contributed by atoms with Crippen molar-refractivity contribution in [3.8, 4) is 0 Å². The lowest BCUT2D eigenvalue weighted by Gasteiger charge is -2.09. The van der Waals surface area contributed by atoms with Gasteiger partial charge in [-0.1, -0.05) is 5.16 Å². The number of hydrogen-bond donors (Lipinski definition) is 2. The molecule has 1 aromatic heterocycles. The molecule has 1 amide bonds. The van der Waals surface area contributed by atoms with Gasteiger partial charge in [-0.2, -0.15) is 0 Å². The molecule has 0 bridgehead atoms.